The molecule has 218 valence electrons. The SMILES string of the molecule is C#C[C@]1(O)C(n2ccc(=O)[nH]c2=O)O[C@H](COP(=O)(N[C@@H](C)C(=O)OC(CC)CC)Oc2ccc(Cl)cc2)[C@H]1O. The molecule has 0 saturated carbocycles. The van der Waals surface area contributed by atoms with Crippen LogP contribution in [0.25, 0.3) is 0 Å². The maximum absolute atomic E-state index is 13.8. The van der Waals surface area contributed by atoms with Gasteiger partial charge in [-0.2, -0.15) is 5.09 Å². The minimum absolute atomic E-state index is 0.0754. The summed E-state index contributed by atoms with van der Waals surface area (Å²) in [7, 11) is -4.40. The van der Waals surface area contributed by atoms with Gasteiger partial charge in [0.15, 0.2) is 11.8 Å². The van der Waals surface area contributed by atoms with Gasteiger partial charge in [-0.25, -0.2) is 9.36 Å². The number of carbonyl (C=O) groups is 1. The van der Waals surface area contributed by atoms with Gasteiger partial charge in [0.25, 0.3) is 5.56 Å². The largest absolute Gasteiger partial charge is 0.461 e. The molecular weight excluding hydrogens is 569 g/mol. The fraction of sp³-hybridized carbons (Fsp3) is 0.480. The van der Waals surface area contributed by atoms with Gasteiger partial charge in [-0.3, -0.25) is 23.7 Å². The Bertz CT molecular complexity index is 1390. The van der Waals surface area contributed by atoms with Crippen molar-refractivity contribution < 1.29 is 38.1 Å². The van der Waals surface area contributed by atoms with Gasteiger partial charge in [-0.05, 0) is 44.0 Å². The van der Waals surface area contributed by atoms with Crippen LogP contribution in [0.1, 0.15) is 39.8 Å². The highest BCUT2D eigenvalue weighted by Gasteiger charge is 2.56. The van der Waals surface area contributed by atoms with Gasteiger partial charge in [0.1, 0.15) is 30.1 Å². The number of aromatic amines is 1. The number of terminal acetylenes is 1. The first-order valence-corrected chi connectivity index (χ1v) is 14.3. The van der Waals surface area contributed by atoms with Crippen molar-refractivity contribution in [1.29, 1.82) is 0 Å². The first-order chi connectivity index (χ1) is 18.9. The molecule has 2 unspecified atom stereocenters. The number of nitrogens with zero attached hydrogens (tertiary/aromatic N) is 1. The summed E-state index contributed by atoms with van der Waals surface area (Å²) in [6.45, 7) is 4.44. The molecule has 0 aliphatic carbocycles. The molecule has 13 nitrogen and oxygen atoms in total. The Kier molecular flexibility index (Phi) is 10.4. The number of benzene rings is 1. The minimum Gasteiger partial charge on any atom is -0.461 e. The predicted molar refractivity (Wildman–Crippen MR) is 144 cm³/mol. The Morgan fingerprint density at radius 3 is 2.52 bits per heavy atom. The number of aliphatic hydroxyl groups is 2. The van der Waals surface area contributed by atoms with Crippen LogP contribution in [0.4, 0.5) is 0 Å². The monoisotopic (exact) mass is 599 g/mol. The first kappa shape index (κ1) is 31.6. The molecule has 2 heterocycles. The number of hydrogen-bond donors (Lipinski definition) is 4. The summed E-state index contributed by atoms with van der Waals surface area (Å²) in [6.07, 6.45) is 2.43. The summed E-state index contributed by atoms with van der Waals surface area (Å²) in [6, 6.07) is 5.65. The number of aliphatic hydroxyl groups excluding tert-OH is 1. The van der Waals surface area contributed by atoms with Crippen LogP contribution in [0.2, 0.25) is 5.02 Å². The minimum atomic E-state index is -4.40. The summed E-state index contributed by atoms with van der Waals surface area (Å²) in [4.78, 5) is 38.4. The van der Waals surface area contributed by atoms with Crippen molar-refractivity contribution in [2.75, 3.05) is 6.61 Å². The number of ether oxygens (including phenoxy) is 2. The maximum Gasteiger partial charge on any atom is 0.459 e. The van der Waals surface area contributed by atoms with E-state index < -0.39 is 61.7 Å². The van der Waals surface area contributed by atoms with E-state index in [2.05, 4.69) is 5.09 Å². The van der Waals surface area contributed by atoms with E-state index in [0.717, 1.165) is 16.8 Å². The van der Waals surface area contributed by atoms with Gasteiger partial charge in [0, 0.05) is 17.3 Å². The lowest BCUT2D eigenvalue weighted by Gasteiger charge is -2.26. The Labute approximate surface area is 235 Å². The number of carbonyl (C=O) groups excluding carboxylic acids is 1. The van der Waals surface area contributed by atoms with Crippen molar-refractivity contribution in [2.24, 2.45) is 0 Å². The average molecular weight is 600 g/mol. The summed E-state index contributed by atoms with van der Waals surface area (Å²) >= 11 is 5.91. The quantitative estimate of drug-likeness (QED) is 0.159. The van der Waals surface area contributed by atoms with E-state index in [1.165, 1.54) is 31.2 Å². The van der Waals surface area contributed by atoms with Gasteiger partial charge in [0.05, 0.1) is 6.61 Å². The summed E-state index contributed by atoms with van der Waals surface area (Å²) in [5.74, 6) is 1.39. The van der Waals surface area contributed by atoms with Crippen LogP contribution < -0.4 is 20.9 Å². The van der Waals surface area contributed by atoms with E-state index in [1.807, 2.05) is 24.8 Å². The van der Waals surface area contributed by atoms with E-state index in [9.17, 15) is 29.2 Å². The normalized spacial score (nSPS) is 24.7. The van der Waals surface area contributed by atoms with E-state index in [1.54, 1.807) is 0 Å². The third-order valence-electron chi connectivity index (χ3n) is 6.17. The molecule has 0 radical (unpaired) electrons. The lowest BCUT2D eigenvalue weighted by atomic mass is 9.95. The molecule has 0 amide bonds. The van der Waals surface area contributed by atoms with Crippen molar-refractivity contribution in [1.82, 2.24) is 14.6 Å². The van der Waals surface area contributed by atoms with Crippen LogP contribution in [-0.4, -0.2) is 62.3 Å². The van der Waals surface area contributed by atoms with Crippen molar-refractivity contribution >= 4 is 25.3 Å². The van der Waals surface area contributed by atoms with Gasteiger partial charge < -0.3 is 24.2 Å². The second-order valence-electron chi connectivity index (χ2n) is 9.02. The highest BCUT2D eigenvalue weighted by Crippen LogP contribution is 2.47. The van der Waals surface area contributed by atoms with Crippen LogP contribution >= 0.6 is 19.3 Å². The molecule has 1 aliphatic heterocycles. The van der Waals surface area contributed by atoms with Gasteiger partial charge >= 0.3 is 19.4 Å². The van der Waals surface area contributed by atoms with Gasteiger partial charge in [-0.15, -0.1) is 6.42 Å². The topological polar surface area (TPSA) is 178 Å². The average Bonchev–Trinajstić information content (AvgIpc) is 3.17. The molecule has 0 spiro atoms. The number of aromatic nitrogens is 2. The van der Waals surface area contributed by atoms with Crippen LogP contribution in [0.15, 0.2) is 46.1 Å². The fourth-order valence-corrected chi connectivity index (χ4v) is 5.49. The summed E-state index contributed by atoms with van der Waals surface area (Å²) in [5.41, 5.74) is -4.09. The highest BCUT2D eigenvalue weighted by molar-refractivity contribution is 7.52. The molecule has 6 atom stereocenters. The third kappa shape index (κ3) is 7.21. The zero-order chi connectivity index (χ0) is 29.7. The maximum atomic E-state index is 13.8. The van der Waals surface area contributed by atoms with Crippen molar-refractivity contribution in [2.45, 2.75) is 69.8 Å². The number of halogens is 1. The molecule has 1 aliphatic rings. The molecule has 40 heavy (non-hydrogen) atoms. The number of esters is 1. The molecule has 1 aromatic heterocycles. The molecule has 1 aromatic carbocycles. The summed E-state index contributed by atoms with van der Waals surface area (Å²) < 4.78 is 36.8. The smallest absolute Gasteiger partial charge is 0.459 e. The van der Waals surface area contributed by atoms with Crippen molar-refractivity contribution in [3.8, 4) is 18.1 Å². The molecule has 4 N–H and O–H groups in total. The zero-order valence-corrected chi connectivity index (χ0v) is 23.6. The van der Waals surface area contributed by atoms with Crippen molar-refractivity contribution in [3.63, 3.8) is 0 Å². The highest BCUT2D eigenvalue weighted by atomic mass is 35.5. The third-order valence-corrected chi connectivity index (χ3v) is 8.06. The zero-order valence-electron chi connectivity index (χ0n) is 22.0. The Balaban J connectivity index is 1.84. The van der Waals surface area contributed by atoms with Crippen LogP contribution in [0, 0.1) is 12.3 Å². The Morgan fingerprint density at radius 1 is 1.30 bits per heavy atom. The van der Waals surface area contributed by atoms with E-state index in [-0.39, 0.29) is 11.9 Å². The number of H-pyrrole nitrogens is 1. The number of hydrogen-bond acceptors (Lipinski definition) is 10. The van der Waals surface area contributed by atoms with Crippen LogP contribution in [0.3, 0.4) is 0 Å². The van der Waals surface area contributed by atoms with Crippen LogP contribution in [0.5, 0.6) is 5.75 Å². The summed E-state index contributed by atoms with van der Waals surface area (Å²) in [5, 5.41) is 24.7. The van der Waals surface area contributed by atoms with Crippen LogP contribution in [-0.2, 0) is 23.4 Å². The van der Waals surface area contributed by atoms with Crippen molar-refractivity contribution in [3.05, 3.63) is 62.4 Å². The molecule has 3 rings (SSSR count). The molecular formula is C25H31ClN3O10P. The fourth-order valence-electron chi connectivity index (χ4n) is 3.86. The number of rotatable bonds is 12. The van der Waals surface area contributed by atoms with Gasteiger partial charge in [0.2, 0.25) is 0 Å². The lowest BCUT2D eigenvalue weighted by Crippen LogP contribution is -2.48. The second kappa shape index (κ2) is 13.1. The molecule has 0 bridgehead atoms. The molecule has 1 fully saturated rings. The second-order valence-corrected chi connectivity index (χ2v) is 11.2. The van der Waals surface area contributed by atoms with E-state index in [4.69, 9.17) is 36.5 Å². The lowest BCUT2D eigenvalue weighted by molar-refractivity contribution is -0.151. The first-order valence-electron chi connectivity index (χ1n) is 12.4. The van der Waals surface area contributed by atoms with Gasteiger partial charge in [-0.1, -0.05) is 31.4 Å². The molecule has 1 saturated heterocycles. The molecule has 15 heteroatoms. The van der Waals surface area contributed by atoms with E-state index >= 15 is 0 Å². The van der Waals surface area contributed by atoms with E-state index in [0.29, 0.717) is 17.9 Å². The number of nitrogens with one attached hydrogen (secondary N) is 2. The Morgan fingerprint density at radius 2 is 1.95 bits per heavy atom. The standard InChI is InChI=1S/C25H31ClN3O10P/c1-5-17(6-2)37-22(32)15(4)28-40(35,39-18-10-8-16(26)9-11-18)36-14-19-21(31)25(34,7-3)23(38-19)29-13-12-20(30)27-24(29)33/h3,8-13,15,17,19,21,23,31,34H,5-6,14H2,1-2,4H3,(H,28,35)(H,27,30,33)/t15-,19+,21+,23?,25+,40?/m0/s1. The predicted octanol–water partition coefficient (Wildman–Crippen LogP) is 1.73. The Hall–Kier alpha value is -2.95. The molecule has 2 aromatic rings.